The average Bonchev–Trinajstić information content (AvgIpc) is 3.17. The van der Waals surface area contributed by atoms with Crippen molar-refractivity contribution in [1.82, 2.24) is 0 Å². The molecule has 1 atom stereocenters. The highest BCUT2D eigenvalue weighted by molar-refractivity contribution is 6.33. The number of carbonyl (C=O) groups is 1. The molecule has 1 aliphatic rings. The fourth-order valence-corrected chi connectivity index (χ4v) is 2.96. The molecule has 174 valence electrons. The van der Waals surface area contributed by atoms with Gasteiger partial charge < -0.3 is 14.8 Å². The maximum absolute atomic E-state index is 12.7. The fourth-order valence-electron chi connectivity index (χ4n) is 2.73. The molecule has 0 bridgehead atoms. The highest BCUT2D eigenvalue weighted by atomic mass is 35.5. The normalized spacial score (nSPS) is 16.2. The lowest BCUT2D eigenvalue weighted by Crippen LogP contribution is -2.30. The van der Waals surface area contributed by atoms with E-state index in [4.69, 9.17) is 16.3 Å². The van der Waals surface area contributed by atoms with Crippen LogP contribution in [0.15, 0.2) is 53.6 Å². The molecule has 0 saturated heterocycles. The number of nitrogens with one attached hydrogen (secondary N) is 1. The molecule has 1 N–H and O–H groups in total. The molecule has 0 spiro atoms. The summed E-state index contributed by atoms with van der Waals surface area (Å²) in [7, 11) is 1.46. The van der Waals surface area contributed by atoms with E-state index >= 15 is 0 Å². The maximum Gasteiger partial charge on any atom is 0.431 e. The van der Waals surface area contributed by atoms with Crippen molar-refractivity contribution >= 4 is 35.0 Å². The Morgan fingerprint density at radius 2 is 1.72 bits per heavy atom. The molecule has 0 saturated carbocycles. The van der Waals surface area contributed by atoms with Gasteiger partial charge in [-0.1, -0.05) is 35.9 Å². The van der Waals surface area contributed by atoms with Crippen LogP contribution in [0.2, 0.25) is 5.02 Å². The summed E-state index contributed by atoms with van der Waals surface area (Å²) in [4.78, 5) is 10.3. The number of hydrogen-bond acceptors (Lipinski definition) is 5. The Morgan fingerprint density at radius 3 is 2.25 bits per heavy atom. The first-order valence-electron chi connectivity index (χ1n) is 9.06. The van der Waals surface area contributed by atoms with E-state index in [0.717, 1.165) is 11.1 Å². The van der Waals surface area contributed by atoms with Gasteiger partial charge in [0.25, 0.3) is 0 Å². The third-order valence-electron chi connectivity index (χ3n) is 4.15. The second-order valence-corrected chi connectivity index (χ2v) is 6.70. The zero-order valence-electron chi connectivity index (χ0n) is 16.5. The van der Waals surface area contributed by atoms with Gasteiger partial charge in [-0.25, -0.2) is 5.01 Å². The second kappa shape index (κ2) is 10.7. The first-order chi connectivity index (χ1) is 15.0. The van der Waals surface area contributed by atoms with Crippen LogP contribution in [0.25, 0.3) is 0 Å². The van der Waals surface area contributed by atoms with Crippen LogP contribution in [-0.4, -0.2) is 38.1 Å². The molecular formula is C20H18ClF6N3O2. The Hall–Kier alpha value is -2.79. The smallest absolute Gasteiger partial charge is 0.388 e. The standard InChI is InChI=1S/C12H10ClF3N2O2.C8H8F3N/c13-8-3-1-2-4-9(8)18-11(20-6-5-19)7-10(17-18)12(14,15)16;1-12-7-5-3-2-4-6(7)8(9,10)11/h1-5,11H,6-7H2;2-5,12H,1H3. The van der Waals surface area contributed by atoms with Crippen LogP contribution in [0, 0.1) is 0 Å². The molecular weight excluding hydrogens is 464 g/mol. The van der Waals surface area contributed by atoms with Crippen LogP contribution in [-0.2, 0) is 15.7 Å². The lowest BCUT2D eigenvalue weighted by Gasteiger charge is -2.23. The van der Waals surface area contributed by atoms with Gasteiger partial charge in [-0.2, -0.15) is 31.4 Å². The van der Waals surface area contributed by atoms with Crippen LogP contribution < -0.4 is 10.3 Å². The summed E-state index contributed by atoms with van der Waals surface area (Å²) in [6.45, 7) is -0.313. The van der Waals surface area contributed by atoms with Crippen molar-refractivity contribution in [2.75, 3.05) is 24.0 Å². The molecule has 1 heterocycles. The predicted octanol–water partition coefficient (Wildman–Crippen LogP) is 5.76. The van der Waals surface area contributed by atoms with Gasteiger partial charge in [0.05, 0.1) is 16.3 Å². The summed E-state index contributed by atoms with van der Waals surface area (Å²) in [6.07, 6.45) is -9.81. The fraction of sp³-hybridized carbons (Fsp3) is 0.300. The minimum Gasteiger partial charge on any atom is -0.388 e. The largest absolute Gasteiger partial charge is 0.431 e. The van der Waals surface area contributed by atoms with E-state index in [1.54, 1.807) is 18.2 Å². The minimum absolute atomic E-state index is 0.102. The zero-order valence-corrected chi connectivity index (χ0v) is 17.3. The first kappa shape index (κ1) is 25.5. The number of carbonyl (C=O) groups excluding carboxylic acids is 1. The van der Waals surface area contributed by atoms with Crippen LogP contribution in [0.1, 0.15) is 12.0 Å². The first-order valence-corrected chi connectivity index (χ1v) is 9.44. The molecule has 0 amide bonds. The monoisotopic (exact) mass is 481 g/mol. The molecule has 2 aromatic carbocycles. The molecule has 5 nitrogen and oxygen atoms in total. The van der Waals surface area contributed by atoms with Crippen LogP contribution in [0.3, 0.4) is 0 Å². The highest BCUT2D eigenvalue weighted by Crippen LogP contribution is 2.35. The van der Waals surface area contributed by atoms with Gasteiger partial charge in [0.1, 0.15) is 18.6 Å². The Morgan fingerprint density at radius 1 is 1.09 bits per heavy atom. The maximum atomic E-state index is 12.7. The molecule has 0 radical (unpaired) electrons. The van der Waals surface area contributed by atoms with E-state index in [9.17, 15) is 31.1 Å². The van der Waals surface area contributed by atoms with Crippen molar-refractivity contribution in [3.8, 4) is 0 Å². The highest BCUT2D eigenvalue weighted by Gasteiger charge is 2.44. The number of aldehydes is 1. The predicted molar refractivity (Wildman–Crippen MR) is 109 cm³/mol. The lowest BCUT2D eigenvalue weighted by molar-refractivity contribution is -0.137. The average molecular weight is 482 g/mol. The van der Waals surface area contributed by atoms with Crippen molar-refractivity contribution < 1.29 is 35.9 Å². The molecule has 2 aromatic rings. The summed E-state index contributed by atoms with van der Waals surface area (Å²) < 4.78 is 79.9. The number of hydrazone groups is 1. The summed E-state index contributed by atoms with van der Waals surface area (Å²) in [5.74, 6) is 0. The number of rotatable bonds is 5. The molecule has 1 aliphatic heterocycles. The van der Waals surface area contributed by atoms with E-state index in [1.807, 2.05) is 0 Å². The lowest BCUT2D eigenvalue weighted by atomic mass is 10.2. The number of ether oxygens (including phenoxy) is 1. The van der Waals surface area contributed by atoms with E-state index < -0.39 is 36.3 Å². The molecule has 0 aromatic heterocycles. The SMILES string of the molecule is CNc1ccccc1C(F)(F)F.O=CCOC1CC(C(F)(F)F)=NN1c1ccccc1Cl. The van der Waals surface area contributed by atoms with E-state index in [0.29, 0.717) is 12.0 Å². The van der Waals surface area contributed by atoms with Crippen LogP contribution in [0.5, 0.6) is 0 Å². The molecule has 0 fully saturated rings. The van der Waals surface area contributed by atoms with E-state index in [-0.39, 0.29) is 17.3 Å². The molecule has 3 rings (SSSR count). The molecule has 32 heavy (non-hydrogen) atoms. The Balaban J connectivity index is 0.000000258. The minimum atomic E-state index is -4.54. The topological polar surface area (TPSA) is 53.9 Å². The van der Waals surface area contributed by atoms with Gasteiger partial charge in [-0.3, -0.25) is 0 Å². The number of hydrogen-bond donors (Lipinski definition) is 1. The van der Waals surface area contributed by atoms with Crippen molar-refractivity contribution in [3.63, 3.8) is 0 Å². The van der Waals surface area contributed by atoms with Crippen LogP contribution >= 0.6 is 11.6 Å². The number of nitrogens with zero attached hydrogens (tertiary/aromatic N) is 2. The van der Waals surface area contributed by atoms with Crippen LogP contribution in [0.4, 0.5) is 37.7 Å². The van der Waals surface area contributed by atoms with Crippen molar-refractivity contribution in [1.29, 1.82) is 0 Å². The van der Waals surface area contributed by atoms with Crippen molar-refractivity contribution in [2.24, 2.45) is 5.10 Å². The third kappa shape index (κ3) is 6.60. The number of halogens is 7. The third-order valence-corrected chi connectivity index (χ3v) is 4.47. The van der Waals surface area contributed by atoms with E-state index in [1.165, 1.54) is 31.3 Å². The van der Waals surface area contributed by atoms with Crippen molar-refractivity contribution in [3.05, 3.63) is 59.1 Å². The zero-order chi connectivity index (χ0) is 23.9. The molecule has 12 heteroatoms. The van der Waals surface area contributed by atoms with Gasteiger partial charge in [0.2, 0.25) is 0 Å². The summed E-state index contributed by atoms with van der Waals surface area (Å²) in [5.41, 5.74) is -1.20. The molecule has 1 unspecified atom stereocenters. The molecule has 0 aliphatic carbocycles. The summed E-state index contributed by atoms with van der Waals surface area (Å²) in [6, 6.07) is 11.7. The van der Waals surface area contributed by atoms with E-state index in [2.05, 4.69) is 10.4 Å². The second-order valence-electron chi connectivity index (χ2n) is 6.29. The number of anilines is 2. The van der Waals surface area contributed by atoms with Gasteiger partial charge in [0, 0.05) is 19.2 Å². The van der Waals surface area contributed by atoms with Crippen molar-refractivity contribution in [2.45, 2.75) is 25.0 Å². The summed E-state index contributed by atoms with van der Waals surface area (Å²) in [5, 5.41) is 7.31. The number of benzene rings is 2. The Kier molecular flexibility index (Phi) is 8.51. The summed E-state index contributed by atoms with van der Waals surface area (Å²) >= 11 is 5.95. The van der Waals surface area contributed by atoms with Gasteiger partial charge >= 0.3 is 12.4 Å². The quantitative estimate of drug-likeness (QED) is 0.436. The Bertz CT molecular complexity index is 949. The number of para-hydroxylation sites is 2. The van der Waals surface area contributed by atoms with Gasteiger partial charge in [0.15, 0.2) is 6.23 Å². The van der Waals surface area contributed by atoms with Gasteiger partial charge in [-0.05, 0) is 24.3 Å². The Labute approximate surface area is 184 Å². The number of alkyl halides is 6. The van der Waals surface area contributed by atoms with Gasteiger partial charge in [-0.15, -0.1) is 0 Å².